The topological polar surface area (TPSA) is 55.9 Å². The van der Waals surface area contributed by atoms with Gasteiger partial charge in [-0.05, 0) is 23.8 Å². The van der Waals surface area contributed by atoms with Gasteiger partial charge in [-0.15, -0.1) is 11.3 Å². The van der Waals surface area contributed by atoms with Crippen LogP contribution in [0.15, 0.2) is 18.5 Å². The molecular weight excluding hydrogens is 264 g/mol. The van der Waals surface area contributed by atoms with E-state index in [4.69, 9.17) is 5.84 Å². The Kier molecular flexibility index (Phi) is 3.43. The van der Waals surface area contributed by atoms with E-state index in [1.165, 1.54) is 27.5 Å². The molecule has 0 bridgehead atoms. The zero-order chi connectivity index (χ0) is 12.5. The van der Waals surface area contributed by atoms with E-state index in [2.05, 4.69) is 16.5 Å². The van der Waals surface area contributed by atoms with Crippen molar-refractivity contribution in [3.8, 4) is 0 Å². The van der Waals surface area contributed by atoms with Gasteiger partial charge in [0.05, 0.1) is 0 Å². The molecule has 0 spiro atoms. The molecule has 2 aromatic heterocycles. The standard InChI is InChI=1S/C12H16N4S2/c1-16-4-3-14-12(16)11(15-13)10-6-8-7-17-5-2-9(8)18-10/h3-4,6,11,15H,2,5,7,13H2,1H3. The zero-order valence-corrected chi connectivity index (χ0v) is 11.9. The highest BCUT2D eigenvalue weighted by molar-refractivity contribution is 7.98. The molecule has 1 unspecified atom stereocenters. The molecule has 0 radical (unpaired) electrons. The van der Waals surface area contributed by atoms with Gasteiger partial charge in [-0.1, -0.05) is 0 Å². The van der Waals surface area contributed by atoms with Crippen molar-refractivity contribution in [1.29, 1.82) is 0 Å². The third-order valence-electron chi connectivity index (χ3n) is 3.21. The number of aromatic nitrogens is 2. The molecule has 18 heavy (non-hydrogen) atoms. The largest absolute Gasteiger partial charge is 0.336 e. The van der Waals surface area contributed by atoms with Gasteiger partial charge in [0.2, 0.25) is 0 Å². The Morgan fingerprint density at radius 2 is 2.44 bits per heavy atom. The van der Waals surface area contributed by atoms with E-state index in [0.717, 1.165) is 11.6 Å². The lowest BCUT2D eigenvalue weighted by atomic mass is 10.2. The molecule has 6 heteroatoms. The molecule has 96 valence electrons. The van der Waals surface area contributed by atoms with Crippen molar-refractivity contribution in [2.45, 2.75) is 18.2 Å². The number of aryl methyl sites for hydroxylation is 2. The molecule has 0 fully saturated rings. The van der Waals surface area contributed by atoms with Gasteiger partial charge >= 0.3 is 0 Å². The Morgan fingerprint density at radius 1 is 1.56 bits per heavy atom. The first kappa shape index (κ1) is 12.2. The third kappa shape index (κ3) is 2.09. The number of nitrogens with two attached hydrogens (primary N) is 1. The van der Waals surface area contributed by atoms with Crippen LogP contribution in [0.4, 0.5) is 0 Å². The maximum absolute atomic E-state index is 5.72. The van der Waals surface area contributed by atoms with Crippen LogP contribution in [0, 0.1) is 0 Å². The van der Waals surface area contributed by atoms with Crippen LogP contribution in [0.5, 0.6) is 0 Å². The van der Waals surface area contributed by atoms with Crippen molar-refractivity contribution in [2.24, 2.45) is 12.9 Å². The summed E-state index contributed by atoms with van der Waals surface area (Å²) in [5, 5.41) is 0. The van der Waals surface area contributed by atoms with Crippen LogP contribution < -0.4 is 11.3 Å². The van der Waals surface area contributed by atoms with E-state index < -0.39 is 0 Å². The van der Waals surface area contributed by atoms with Crippen LogP contribution in [-0.4, -0.2) is 15.3 Å². The molecule has 0 amide bonds. The lowest BCUT2D eigenvalue weighted by Crippen LogP contribution is -2.30. The van der Waals surface area contributed by atoms with Crippen molar-refractivity contribution in [1.82, 2.24) is 15.0 Å². The monoisotopic (exact) mass is 280 g/mol. The highest BCUT2D eigenvalue weighted by atomic mass is 32.2. The van der Waals surface area contributed by atoms with E-state index in [0.29, 0.717) is 0 Å². The molecule has 3 heterocycles. The quantitative estimate of drug-likeness (QED) is 0.665. The van der Waals surface area contributed by atoms with Crippen molar-refractivity contribution in [2.75, 3.05) is 5.75 Å². The van der Waals surface area contributed by atoms with E-state index in [1.807, 2.05) is 47.1 Å². The first-order valence-electron chi connectivity index (χ1n) is 5.92. The Bertz CT molecular complexity index is 523. The molecule has 1 aliphatic heterocycles. The first-order valence-corrected chi connectivity index (χ1v) is 7.89. The fraction of sp³-hybridized carbons (Fsp3) is 0.417. The maximum Gasteiger partial charge on any atom is 0.132 e. The minimum atomic E-state index is -0.00870. The van der Waals surface area contributed by atoms with Gasteiger partial charge in [0.1, 0.15) is 11.9 Å². The van der Waals surface area contributed by atoms with Crippen LogP contribution in [0.1, 0.15) is 27.2 Å². The molecule has 0 saturated heterocycles. The fourth-order valence-electron chi connectivity index (χ4n) is 2.25. The minimum Gasteiger partial charge on any atom is -0.336 e. The second-order valence-electron chi connectivity index (χ2n) is 4.40. The third-order valence-corrected chi connectivity index (χ3v) is 5.52. The SMILES string of the molecule is Cn1ccnc1C(NN)c1cc2c(s1)CCSC2. The molecule has 1 aliphatic rings. The molecule has 0 saturated carbocycles. The molecule has 1 atom stereocenters. The number of rotatable bonds is 3. The van der Waals surface area contributed by atoms with E-state index in [1.54, 1.807) is 0 Å². The number of nitrogens with one attached hydrogen (secondary N) is 1. The number of hydrogen-bond donors (Lipinski definition) is 2. The van der Waals surface area contributed by atoms with Crippen LogP contribution >= 0.6 is 23.1 Å². The molecular formula is C12H16N4S2. The number of hydrogen-bond acceptors (Lipinski definition) is 5. The molecule has 0 aliphatic carbocycles. The number of hydrazine groups is 1. The van der Waals surface area contributed by atoms with E-state index in [-0.39, 0.29) is 6.04 Å². The van der Waals surface area contributed by atoms with Gasteiger partial charge in [0.25, 0.3) is 0 Å². The van der Waals surface area contributed by atoms with Crippen LogP contribution in [0.25, 0.3) is 0 Å². The highest BCUT2D eigenvalue weighted by Gasteiger charge is 2.22. The number of thioether (sulfide) groups is 1. The summed E-state index contributed by atoms with van der Waals surface area (Å²) in [4.78, 5) is 7.17. The summed E-state index contributed by atoms with van der Waals surface area (Å²) in [5.74, 6) is 9.04. The summed E-state index contributed by atoms with van der Waals surface area (Å²) < 4.78 is 2.01. The van der Waals surface area contributed by atoms with Crippen LogP contribution in [0.2, 0.25) is 0 Å². The van der Waals surface area contributed by atoms with Gasteiger partial charge < -0.3 is 4.57 Å². The summed E-state index contributed by atoms with van der Waals surface area (Å²) >= 11 is 3.87. The Balaban J connectivity index is 1.97. The molecule has 3 rings (SSSR count). The second kappa shape index (κ2) is 5.05. The van der Waals surface area contributed by atoms with E-state index >= 15 is 0 Å². The average Bonchev–Trinajstić information content (AvgIpc) is 2.97. The zero-order valence-electron chi connectivity index (χ0n) is 10.2. The number of nitrogens with zero attached hydrogens (tertiary/aromatic N) is 2. The second-order valence-corrected chi connectivity index (χ2v) is 6.67. The van der Waals surface area contributed by atoms with Crippen LogP contribution in [-0.2, 0) is 19.2 Å². The summed E-state index contributed by atoms with van der Waals surface area (Å²) in [6, 6.07) is 2.27. The normalized spacial score (nSPS) is 16.6. The molecule has 2 aromatic rings. The van der Waals surface area contributed by atoms with Gasteiger partial charge in [-0.3, -0.25) is 5.84 Å². The van der Waals surface area contributed by atoms with Crippen molar-refractivity contribution in [3.05, 3.63) is 39.6 Å². The molecule has 4 nitrogen and oxygen atoms in total. The molecule has 0 aromatic carbocycles. The number of imidazole rings is 1. The first-order chi connectivity index (χ1) is 8.79. The lowest BCUT2D eigenvalue weighted by molar-refractivity contribution is 0.587. The van der Waals surface area contributed by atoms with Gasteiger partial charge in [-0.25, -0.2) is 10.4 Å². The fourth-order valence-corrected chi connectivity index (χ4v) is 4.69. The molecule has 3 N–H and O–H groups in total. The van der Waals surface area contributed by atoms with Crippen LogP contribution in [0.3, 0.4) is 0 Å². The summed E-state index contributed by atoms with van der Waals surface area (Å²) in [6.07, 6.45) is 4.94. The minimum absolute atomic E-state index is 0.00870. The maximum atomic E-state index is 5.72. The smallest absolute Gasteiger partial charge is 0.132 e. The lowest BCUT2D eigenvalue weighted by Gasteiger charge is -2.13. The average molecular weight is 280 g/mol. The van der Waals surface area contributed by atoms with Gasteiger partial charge in [-0.2, -0.15) is 11.8 Å². The van der Waals surface area contributed by atoms with E-state index in [9.17, 15) is 0 Å². The highest BCUT2D eigenvalue weighted by Crippen LogP contribution is 2.35. The number of thiophene rings is 1. The van der Waals surface area contributed by atoms with Crippen molar-refractivity contribution < 1.29 is 0 Å². The Morgan fingerprint density at radius 3 is 3.11 bits per heavy atom. The Labute approximate surface area is 115 Å². The van der Waals surface area contributed by atoms with Gasteiger partial charge in [0, 0.05) is 34.9 Å². The summed E-state index contributed by atoms with van der Waals surface area (Å²) in [5.41, 5.74) is 4.36. The Hall–Kier alpha value is -0.820. The predicted octanol–water partition coefficient (Wildman–Crippen LogP) is 1.82. The summed E-state index contributed by atoms with van der Waals surface area (Å²) in [7, 11) is 2.00. The van der Waals surface area contributed by atoms with Gasteiger partial charge in [0.15, 0.2) is 0 Å². The predicted molar refractivity (Wildman–Crippen MR) is 76.6 cm³/mol. The summed E-state index contributed by atoms with van der Waals surface area (Å²) in [6.45, 7) is 0. The van der Waals surface area contributed by atoms with Crippen molar-refractivity contribution >= 4 is 23.1 Å². The number of fused-ring (bicyclic) bond motifs is 1. The van der Waals surface area contributed by atoms with Crippen molar-refractivity contribution in [3.63, 3.8) is 0 Å².